The van der Waals surface area contributed by atoms with Crippen molar-refractivity contribution in [1.82, 2.24) is 0 Å². The van der Waals surface area contributed by atoms with Crippen molar-refractivity contribution in [3.05, 3.63) is 35.6 Å². The molecular formula is C19H23FO6. The highest BCUT2D eigenvalue weighted by Gasteiger charge is 2.57. The van der Waals surface area contributed by atoms with Gasteiger partial charge in [-0.1, -0.05) is 12.1 Å². The smallest absolute Gasteiger partial charge is 0.317 e. The number of rotatable bonds is 5. The van der Waals surface area contributed by atoms with E-state index in [0.29, 0.717) is 0 Å². The molecular weight excluding hydrogens is 343 g/mol. The highest BCUT2D eigenvalue weighted by atomic mass is 19.1. The lowest BCUT2D eigenvalue weighted by atomic mass is 9.61. The number of aliphatic hydroxyl groups is 1. The van der Waals surface area contributed by atoms with Gasteiger partial charge in [0.1, 0.15) is 11.7 Å². The number of ether oxygens (including phenoxy) is 2. The predicted molar refractivity (Wildman–Crippen MR) is 89.6 cm³/mol. The maximum Gasteiger partial charge on any atom is 0.317 e. The Labute approximate surface area is 151 Å². The second kappa shape index (κ2) is 7.95. The van der Waals surface area contributed by atoms with E-state index in [0.717, 1.165) is 6.07 Å². The average Bonchev–Trinajstić information content (AvgIpc) is 2.53. The van der Waals surface area contributed by atoms with Gasteiger partial charge in [0, 0.05) is 12.3 Å². The van der Waals surface area contributed by atoms with Gasteiger partial charge in [-0.25, -0.2) is 4.39 Å². The summed E-state index contributed by atoms with van der Waals surface area (Å²) in [6, 6.07) is 5.30. The molecule has 0 heterocycles. The number of Topliss-reactive ketones (excluding diaryl/α,β-unsaturated/α-hetero) is 1. The topological polar surface area (TPSA) is 89.9 Å². The molecule has 0 bridgehead atoms. The molecule has 1 aromatic carbocycles. The molecule has 6 nitrogen and oxygen atoms in total. The number of carbonyl (C=O) groups is 3. The van der Waals surface area contributed by atoms with E-state index in [-0.39, 0.29) is 18.8 Å². The number of ketones is 1. The second-order valence-corrected chi connectivity index (χ2v) is 6.54. The van der Waals surface area contributed by atoms with Gasteiger partial charge in [0.25, 0.3) is 0 Å². The van der Waals surface area contributed by atoms with Gasteiger partial charge in [-0.3, -0.25) is 14.4 Å². The van der Waals surface area contributed by atoms with Crippen LogP contribution in [0.5, 0.6) is 0 Å². The standard InChI is InChI=1S/C19H23FO6/c1-4-25-17(22)15-13(21)10-19(3,24)16(18(23)26-5-2)14(15)11-7-6-8-12(20)9-11/h6-9,14-16,24H,4-5,10H2,1-3H3/t14-,15-,16+,19-/m1/s1. The van der Waals surface area contributed by atoms with Crippen LogP contribution < -0.4 is 0 Å². The van der Waals surface area contributed by atoms with Gasteiger partial charge < -0.3 is 14.6 Å². The Morgan fingerprint density at radius 1 is 1.23 bits per heavy atom. The molecule has 0 radical (unpaired) electrons. The second-order valence-electron chi connectivity index (χ2n) is 6.54. The molecule has 1 aromatic rings. The number of halogens is 1. The van der Waals surface area contributed by atoms with Crippen LogP contribution in [0.25, 0.3) is 0 Å². The summed E-state index contributed by atoms with van der Waals surface area (Å²) in [5, 5.41) is 10.8. The Kier molecular flexibility index (Phi) is 6.13. The molecule has 1 fully saturated rings. The summed E-state index contributed by atoms with van der Waals surface area (Å²) >= 11 is 0. The average molecular weight is 366 g/mol. The van der Waals surface area contributed by atoms with Crippen LogP contribution in [-0.2, 0) is 23.9 Å². The van der Waals surface area contributed by atoms with Crippen molar-refractivity contribution in [2.75, 3.05) is 13.2 Å². The summed E-state index contributed by atoms with van der Waals surface area (Å²) in [6.45, 7) is 4.68. The molecule has 0 unspecified atom stereocenters. The minimum absolute atomic E-state index is 0.0545. The van der Waals surface area contributed by atoms with Crippen LogP contribution in [0.3, 0.4) is 0 Å². The lowest BCUT2D eigenvalue weighted by molar-refractivity contribution is -0.172. The minimum atomic E-state index is -1.73. The zero-order valence-corrected chi connectivity index (χ0v) is 15.0. The number of benzene rings is 1. The van der Waals surface area contributed by atoms with Crippen LogP contribution >= 0.6 is 0 Å². The molecule has 2 rings (SSSR count). The monoisotopic (exact) mass is 366 g/mol. The molecule has 142 valence electrons. The Morgan fingerprint density at radius 3 is 2.42 bits per heavy atom. The third-order valence-corrected chi connectivity index (χ3v) is 4.58. The van der Waals surface area contributed by atoms with Crippen LogP contribution in [0, 0.1) is 17.7 Å². The Hall–Kier alpha value is -2.28. The molecule has 1 N–H and O–H groups in total. The lowest BCUT2D eigenvalue weighted by Gasteiger charge is -2.43. The Bertz CT molecular complexity index is 699. The first kappa shape index (κ1) is 20.0. The van der Waals surface area contributed by atoms with E-state index in [1.54, 1.807) is 13.8 Å². The van der Waals surface area contributed by atoms with Crippen molar-refractivity contribution >= 4 is 17.7 Å². The normalized spacial score (nSPS) is 28.5. The highest BCUT2D eigenvalue weighted by Crippen LogP contribution is 2.46. The summed E-state index contributed by atoms with van der Waals surface area (Å²) in [7, 11) is 0. The zero-order valence-electron chi connectivity index (χ0n) is 15.0. The van der Waals surface area contributed by atoms with Crippen LogP contribution in [0.4, 0.5) is 4.39 Å². The molecule has 0 saturated heterocycles. The van der Waals surface area contributed by atoms with Crippen molar-refractivity contribution in [1.29, 1.82) is 0 Å². The van der Waals surface area contributed by atoms with Gasteiger partial charge >= 0.3 is 11.9 Å². The van der Waals surface area contributed by atoms with Gasteiger partial charge in [0.15, 0.2) is 5.78 Å². The fraction of sp³-hybridized carbons (Fsp3) is 0.526. The summed E-state index contributed by atoms with van der Waals surface area (Å²) < 4.78 is 23.9. The van der Waals surface area contributed by atoms with Crippen molar-refractivity contribution in [3.63, 3.8) is 0 Å². The van der Waals surface area contributed by atoms with Crippen molar-refractivity contribution in [3.8, 4) is 0 Å². The van der Waals surface area contributed by atoms with Gasteiger partial charge in [0.05, 0.1) is 24.7 Å². The SMILES string of the molecule is CCOC(=O)[C@@H]1C(=O)C[C@@](C)(O)[C@H](C(=O)OCC)[C@@H]1c1cccc(F)c1. The van der Waals surface area contributed by atoms with E-state index in [1.807, 2.05) is 0 Å². The van der Waals surface area contributed by atoms with Crippen LogP contribution in [0.15, 0.2) is 24.3 Å². The lowest BCUT2D eigenvalue weighted by Crippen LogP contribution is -2.55. The molecule has 1 aliphatic carbocycles. The fourth-order valence-corrected chi connectivity index (χ4v) is 3.59. The quantitative estimate of drug-likeness (QED) is 0.633. The van der Waals surface area contributed by atoms with Crippen LogP contribution in [0.1, 0.15) is 38.7 Å². The van der Waals surface area contributed by atoms with Gasteiger partial charge in [-0.2, -0.15) is 0 Å². The first-order chi connectivity index (χ1) is 12.2. The summed E-state index contributed by atoms with van der Waals surface area (Å²) in [5.74, 6) is -6.28. The summed E-state index contributed by atoms with van der Waals surface area (Å²) in [4.78, 5) is 37.6. The fourth-order valence-electron chi connectivity index (χ4n) is 3.59. The molecule has 0 amide bonds. The third kappa shape index (κ3) is 3.93. The molecule has 0 aliphatic heterocycles. The highest BCUT2D eigenvalue weighted by molar-refractivity contribution is 6.02. The van der Waals surface area contributed by atoms with Crippen molar-refractivity contribution in [2.24, 2.45) is 11.8 Å². The number of hydrogen-bond acceptors (Lipinski definition) is 6. The molecule has 1 aliphatic rings. The molecule has 4 atom stereocenters. The van der Waals surface area contributed by atoms with E-state index in [9.17, 15) is 23.9 Å². The third-order valence-electron chi connectivity index (χ3n) is 4.58. The van der Waals surface area contributed by atoms with Crippen LogP contribution in [-0.4, -0.2) is 41.6 Å². The van der Waals surface area contributed by atoms with E-state index >= 15 is 0 Å². The van der Waals surface area contributed by atoms with Gasteiger partial charge in [0.2, 0.25) is 0 Å². The Balaban J connectivity index is 2.61. The van der Waals surface area contributed by atoms with Crippen molar-refractivity contribution in [2.45, 2.75) is 38.7 Å². The molecule has 7 heteroatoms. The maximum absolute atomic E-state index is 13.8. The number of hydrogen-bond donors (Lipinski definition) is 1. The maximum atomic E-state index is 13.8. The van der Waals surface area contributed by atoms with Crippen molar-refractivity contribution < 1.29 is 33.4 Å². The zero-order chi connectivity index (χ0) is 19.5. The molecule has 26 heavy (non-hydrogen) atoms. The number of carbonyl (C=O) groups excluding carboxylic acids is 3. The predicted octanol–water partition coefficient (Wildman–Crippen LogP) is 1.99. The molecule has 0 spiro atoms. The summed E-state index contributed by atoms with van der Waals surface area (Å²) in [6.07, 6.45) is -0.397. The molecule has 1 saturated carbocycles. The number of esters is 2. The van der Waals surface area contributed by atoms with E-state index < -0.39 is 53.3 Å². The molecule has 0 aromatic heterocycles. The first-order valence-electron chi connectivity index (χ1n) is 8.56. The Morgan fingerprint density at radius 2 is 1.85 bits per heavy atom. The van der Waals surface area contributed by atoms with Gasteiger partial charge in [-0.05, 0) is 38.5 Å². The minimum Gasteiger partial charge on any atom is -0.466 e. The first-order valence-corrected chi connectivity index (χ1v) is 8.56. The van der Waals surface area contributed by atoms with E-state index in [2.05, 4.69) is 0 Å². The van der Waals surface area contributed by atoms with E-state index in [4.69, 9.17) is 9.47 Å². The largest absolute Gasteiger partial charge is 0.466 e. The van der Waals surface area contributed by atoms with Crippen LogP contribution in [0.2, 0.25) is 0 Å². The van der Waals surface area contributed by atoms with Gasteiger partial charge in [-0.15, -0.1) is 0 Å². The summed E-state index contributed by atoms with van der Waals surface area (Å²) in [5.41, 5.74) is -1.47. The van der Waals surface area contributed by atoms with E-state index in [1.165, 1.54) is 25.1 Å².